The van der Waals surface area contributed by atoms with Gasteiger partial charge in [-0.1, -0.05) is 46.8 Å². The average Bonchev–Trinajstić information content (AvgIpc) is 2.75. The van der Waals surface area contributed by atoms with Crippen LogP contribution in [0, 0.1) is 17.8 Å². The first-order valence-corrected chi connectivity index (χ1v) is 8.61. The average molecular weight is 344 g/mol. The Bertz CT molecular complexity index is 701. The van der Waals surface area contributed by atoms with E-state index in [1.54, 1.807) is 11.0 Å². The number of carbonyl (C=O) groups excluding carboxylic acids is 3. The van der Waals surface area contributed by atoms with Crippen LogP contribution < -0.4 is 5.32 Å². The highest BCUT2D eigenvalue weighted by Gasteiger charge is 2.46. The Balaban J connectivity index is 2.44. The van der Waals surface area contributed by atoms with Gasteiger partial charge < -0.3 is 4.90 Å². The lowest BCUT2D eigenvalue weighted by molar-refractivity contribution is -0.133. The first-order chi connectivity index (χ1) is 11.5. The van der Waals surface area contributed by atoms with E-state index in [0.717, 1.165) is 17.5 Å². The molecule has 0 radical (unpaired) electrons. The van der Waals surface area contributed by atoms with Crippen molar-refractivity contribution in [1.82, 2.24) is 10.2 Å². The van der Waals surface area contributed by atoms with Crippen molar-refractivity contribution in [3.05, 3.63) is 34.9 Å². The molecule has 5 nitrogen and oxygen atoms in total. The van der Waals surface area contributed by atoms with Crippen LogP contribution in [0.1, 0.15) is 62.5 Å². The smallest absolute Gasteiger partial charge is 0.255 e. The zero-order chi connectivity index (χ0) is 19.0. The van der Waals surface area contributed by atoms with Gasteiger partial charge in [0.25, 0.3) is 5.91 Å². The second kappa shape index (κ2) is 6.62. The summed E-state index contributed by atoms with van der Waals surface area (Å²) in [5.74, 6) is -0.574. The van der Waals surface area contributed by atoms with Gasteiger partial charge in [0, 0.05) is 12.1 Å². The van der Waals surface area contributed by atoms with E-state index < -0.39 is 17.4 Å². The number of imide groups is 1. The zero-order valence-electron chi connectivity index (χ0n) is 16.0. The highest BCUT2D eigenvalue weighted by atomic mass is 16.2. The molecular weight excluding hydrogens is 316 g/mol. The molecule has 0 saturated carbocycles. The third-order valence-electron chi connectivity index (χ3n) is 4.72. The van der Waals surface area contributed by atoms with E-state index in [1.807, 2.05) is 32.9 Å². The molecule has 3 amide bonds. The van der Waals surface area contributed by atoms with Crippen molar-refractivity contribution >= 4 is 18.2 Å². The van der Waals surface area contributed by atoms with Gasteiger partial charge in [-0.3, -0.25) is 19.7 Å². The number of nitrogens with one attached hydrogen (secondary N) is 1. The molecule has 25 heavy (non-hydrogen) atoms. The summed E-state index contributed by atoms with van der Waals surface area (Å²) < 4.78 is 0. The molecule has 5 heteroatoms. The SMILES string of the molecule is Cc1cccc2c1CN(C(C(=O)NC=O)C(C)(C)CC(C)(C)C)C2=O. The van der Waals surface area contributed by atoms with E-state index in [4.69, 9.17) is 0 Å². The first-order valence-electron chi connectivity index (χ1n) is 8.61. The van der Waals surface area contributed by atoms with Crippen molar-refractivity contribution in [2.24, 2.45) is 10.8 Å². The molecular formula is C20H28N2O3. The van der Waals surface area contributed by atoms with Crippen LogP contribution in [0.3, 0.4) is 0 Å². The van der Waals surface area contributed by atoms with Crippen LogP contribution in [0.15, 0.2) is 18.2 Å². The molecule has 0 aliphatic carbocycles. The molecule has 1 atom stereocenters. The maximum absolute atomic E-state index is 13.0. The Morgan fingerprint density at radius 3 is 2.44 bits per heavy atom. The van der Waals surface area contributed by atoms with Gasteiger partial charge in [0.05, 0.1) is 0 Å². The Morgan fingerprint density at radius 2 is 1.92 bits per heavy atom. The molecule has 0 spiro atoms. The van der Waals surface area contributed by atoms with Crippen molar-refractivity contribution < 1.29 is 14.4 Å². The molecule has 0 aromatic heterocycles. The van der Waals surface area contributed by atoms with Crippen LogP contribution in [0.5, 0.6) is 0 Å². The molecule has 1 aromatic rings. The lowest BCUT2D eigenvalue weighted by Crippen LogP contribution is -2.55. The van der Waals surface area contributed by atoms with Crippen LogP contribution in [-0.2, 0) is 16.1 Å². The topological polar surface area (TPSA) is 66.5 Å². The summed E-state index contributed by atoms with van der Waals surface area (Å²) in [6.45, 7) is 12.6. The minimum atomic E-state index is -0.712. The largest absolute Gasteiger partial charge is 0.322 e. The predicted octanol–water partition coefficient (Wildman–Crippen LogP) is 3.05. The number of hydrogen-bond donors (Lipinski definition) is 1. The summed E-state index contributed by atoms with van der Waals surface area (Å²) >= 11 is 0. The molecule has 1 heterocycles. The molecule has 1 aliphatic heterocycles. The highest BCUT2D eigenvalue weighted by Crippen LogP contribution is 2.40. The standard InChI is InChI=1S/C20H28N2O3/c1-13-8-7-9-14-15(13)10-22(18(14)25)16(17(24)21-12-23)20(5,6)11-19(2,3)4/h7-9,12,16H,10-11H2,1-6H3,(H,21,23,24). The number of aryl methyl sites for hydroxylation is 1. The number of fused-ring (bicyclic) bond motifs is 1. The minimum Gasteiger partial charge on any atom is -0.322 e. The van der Waals surface area contributed by atoms with Crippen LogP contribution >= 0.6 is 0 Å². The Labute approximate surface area is 149 Å². The summed E-state index contributed by atoms with van der Waals surface area (Å²) in [5.41, 5.74) is 2.14. The highest BCUT2D eigenvalue weighted by molar-refractivity contribution is 6.02. The first kappa shape index (κ1) is 19.2. The number of carbonyl (C=O) groups is 3. The van der Waals surface area contributed by atoms with Crippen molar-refractivity contribution in [2.75, 3.05) is 0 Å². The van der Waals surface area contributed by atoms with Gasteiger partial charge in [-0.25, -0.2) is 0 Å². The molecule has 0 bridgehead atoms. The van der Waals surface area contributed by atoms with Gasteiger partial charge >= 0.3 is 0 Å². The Hall–Kier alpha value is -2.17. The van der Waals surface area contributed by atoms with Crippen LogP contribution in [-0.4, -0.2) is 29.2 Å². The van der Waals surface area contributed by atoms with E-state index in [0.29, 0.717) is 18.5 Å². The van der Waals surface area contributed by atoms with Crippen LogP contribution in [0.2, 0.25) is 0 Å². The van der Waals surface area contributed by atoms with E-state index in [-0.39, 0.29) is 11.3 Å². The summed E-state index contributed by atoms with van der Waals surface area (Å²) in [4.78, 5) is 38.2. The summed E-state index contributed by atoms with van der Waals surface area (Å²) in [6, 6.07) is 4.92. The van der Waals surface area contributed by atoms with Crippen molar-refractivity contribution in [3.8, 4) is 0 Å². The molecule has 1 aliphatic rings. The lowest BCUT2D eigenvalue weighted by Gasteiger charge is -2.42. The second-order valence-corrected chi connectivity index (χ2v) is 8.79. The molecule has 1 unspecified atom stereocenters. The molecule has 2 rings (SSSR count). The van der Waals surface area contributed by atoms with Gasteiger partial charge in [-0.05, 0) is 41.4 Å². The molecule has 136 valence electrons. The van der Waals surface area contributed by atoms with Gasteiger partial charge in [-0.15, -0.1) is 0 Å². The van der Waals surface area contributed by atoms with E-state index in [9.17, 15) is 14.4 Å². The molecule has 1 aromatic carbocycles. The summed E-state index contributed by atoms with van der Waals surface area (Å²) in [5, 5.41) is 2.26. The second-order valence-electron chi connectivity index (χ2n) is 8.79. The maximum Gasteiger partial charge on any atom is 0.255 e. The number of amides is 3. The fraction of sp³-hybridized carbons (Fsp3) is 0.550. The van der Waals surface area contributed by atoms with Gasteiger partial charge in [0.2, 0.25) is 12.3 Å². The monoisotopic (exact) mass is 344 g/mol. The third kappa shape index (κ3) is 3.91. The maximum atomic E-state index is 13.0. The lowest BCUT2D eigenvalue weighted by atomic mass is 9.71. The minimum absolute atomic E-state index is 0.0191. The zero-order valence-corrected chi connectivity index (χ0v) is 16.0. The quantitative estimate of drug-likeness (QED) is 0.835. The fourth-order valence-corrected chi connectivity index (χ4v) is 4.24. The Kier molecular flexibility index (Phi) is 5.07. The molecule has 1 N–H and O–H groups in total. The number of hydrogen-bond acceptors (Lipinski definition) is 3. The van der Waals surface area contributed by atoms with Gasteiger partial charge in [0.1, 0.15) is 6.04 Å². The van der Waals surface area contributed by atoms with Crippen molar-refractivity contribution in [3.63, 3.8) is 0 Å². The predicted molar refractivity (Wildman–Crippen MR) is 96.9 cm³/mol. The Morgan fingerprint density at radius 1 is 1.28 bits per heavy atom. The van der Waals surface area contributed by atoms with Crippen LogP contribution in [0.25, 0.3) is 0 Å². The number of benzene rings is 1. The normalized spacial score (nSPS) is 15.8. The third-order valence-corrected chi connectivity index (χ3v) is 4.72. The number of nitrogens with zero attached hydrogens (tertiary/aromatic N) is 1. The molecule has 0 saturated heterocycles. The van der Waals surface area contributed by atoms with E-state index in [1.165, 1.54) is 0 Å². The summed E-state index contributed by atoms with van der Waals surface area (Å²) in [6.07, 6.45) is 1.12. The van der Waals surface area contributed by atoms with Gasteiger partial charge in [-0.2, -0.15) is 0 Å². The van der Waals surface area contributed by atoms with E-state index >= 15 is 0 Å². The van der Waals surface area contributed by atoms with Crippen molar-refractivity contribution in [1.29, 1.82) is 0 Å². The van der Waals surface area contributed by atoms with Crippen molar-refractivity contribution in [2.45, 2.75) is 60.5 Å². The van der Waals surface area contributed by atoms with Gasteiger partial charge in [0.15, 0.2) is 0 Å². The summed E-state index contributed by atoms with van der Waals surface area (Å²) in [7, 11) is 0. The van der Waals surface area contributed by atoms with Crippen LogP contribution in [0.4, 0.5) is 0 Å². The fourth-order valence-electron chi connectivity index (χ4n) is 4.24. The number of rotatable bonds is 5. The van der Waals surface area contributed by atoms with E-state index in [2.05, 4.69) is 26.1 Å². The molecule has 0 fully saturated rings.